The van der Waals surface area contributed by atoms with Gasteiger partial charge in [0.15, 0.2) is 0 Å². The van der Waals surface area contributed by atoms with E-state index in [1.165, 1.54) is 58.5 Å². The van der Waals surface area contributed by atoms with Crippen molar-refractivity contribution in [1.29, 1.82) is 0 Å². The highest BCUT2D eigenvalue weighted by atomic mass is 15.3. The van der Waals surface area contributed by atoms with Gasteiger partial charge in [-0.2, -0.15) is 0 Å². The van der Waals surface area contributed by atoms with Gasteiger partial charge in [0.05, 0.1) is 0 Å². The van der Waals surface area contributed by atoms with Gasteiger partial charge in [-0.25, -0.2) is 0 Å². The van der Waals surface area contributed by atoms with Gasteiger partial charge in [0.1, 0.15) is 0 Å². The average molecular weight is 225 g/mol. The summed E-state index contributed by atoms with van der Waals surface area (Å²) in [5.41, 5.74) is 0. The number of rotatable bonds is 3. The Labute approximate surface area is 100 Å². The lowest BCUT2D eigenvalue weighted by atomic mass is 10.00. The van der Waals surface area contributed by atoms with Gasteiger partial charge < -0.3 is 10.2 Å². The molecule has 2 heterocycles. The maximum atomic E-state index is 3.61. The van der Waals surface area contributed by atoms with Crippen LogP contribution in [-0.2, 0) is 0 Å². The summed E-state index contributed by atoms with van der Waals surface area (Å²) in [7, 11) is 0. The molecule has 2 aliphatic heterocycles. The molecule has 2 atom stereocenters. The third kappa shape index (κ3) is 3.19. The molecule has 2 unspecified atom stereocenters. The zero-order valence-electron chi connectivity index (χ0n) is 10.9. The molecule has 2 saturated heterocycles. The topological polar surface area (TPSA) is 18.5 Å². The van der Waals surface area contributed by atoms with E-state index in [0.717, 1.165) is 12.1 Å². The van der Waals surface area contributed by atoms with Crippen LogP contribution in [0.3, 0.4) is 0 Å². The van der Waals surface area contributed by atoms with E-state index in [0.29, 0.717) is 0 Å². The Hall–Kier alpha value is -0.120. The van der Waals surface area contributed by atoms with Crippen molar-refractivity contribution in [2.75, 3.05) is 39.3 Å². The molecule has 2 fully saturated rings. The van der Waals surface area contributed by atoms with E-state index in [9.17, 15) is 0 Å². The van der Waals surface area contributed by atoms with E-state index in [2.05, 4.69) is 29.0 Å². The Morgan fingerprint density at radius 3 is 2.44 bits per heavy atom. The van der Waals surface area contributed by atoms with E-state index in [1.54, 1.807) is 0 Å². The predicted molar refractivity (Wildman–Crippen MR) is 68.8 cm³/mol. The summed E-state index contributed by atoms with van der Waals surface area (Å²) in [5, 5.41) is 3.61. The van der Waals surface area contributed by atoms with E-state index in [4.69, 9.17) is 0 Å². The fourth-order valence-electron chi connectivity index (χ4n) is 2.96. The van der Waals surface area contributed by atoms with Crippen LogP contribution in [0.4, 0.5) is 0 Å². The molecule has 0 bridgehead atoms. The van der Waals surface area contributed by atoms with Gasteiger partial charge in [-0.15, -0.1) is 0 Å². The average Bonchev–Trinajstić information content (AvgIpc) is 2.32. The fraction of sp³-hybridized carbons (Fsp3) is 1.00. The Balaban J connectivity index is 1.72. The molecule has 2 aliphatic rings. The van der Waals surface area contributed by atoms with Crippen molar-refractivity contribution in [2.24, 2.45) is 0 Å². The lowest BCUT2D eigenvalue weighted by Gasteiger charge is -2.41. The van der Waals surface area contributed by atoms with Gasteiger partial charge in [0.25, 0.3) is 0 Å². The number of hydrogen-bond acceptors (Lipinski definition) is 3. The second kappa shape index (κ2) is 5.99. The molecule has 0 aliphatic carbocycles. The number of piperidine rings is 1. The van der Waals surface area contributed by atoms with E-state index in [-0.39, 0.29) is 0 Å². The van der Waals surface area contributed by atoms with Crippen molar-refractivity contribution < 1.29 is 0 Å². The summed E-state index contributed by atoms with van der Waals surface area (Å²) in [6, 6.07) is 1.54. The van der Waals surface area contributed by atoms with Crippen molar-refractivity contribution in [3.05, 3.63) is 0 Å². The predicted octanol–water partition coefficient (Wildman–Crippen LogP) is 1.15. The van der Waals surface area contributed by atoms with Gasteiger partial charge in [0.2, 0.25) is 0 Å². The standard InChI is InChI=1S/C13H27N3/c1-3-6-15-7-9-16(10-8-15)13-5-4-12(2)14-11-13/h12-14H,3-11H2,1-2H3. The van der Waals surface area contributed by atoms with E-state index >= 15 is 0 Å². The Bertz CT molecular complexity index is 191. The zero-order chi connectivity index (χ0) is 11.4. The molecule has 3 nitrogen and oxygen atoms in total. The molecular formula is C13H27N3. The van der Waals surface area contributed by atoms with Crippen molar-refractivity contribution in [1.82, 2.24) is 15.1 Å². The molecule has 0 spiro atoms. The molecule has 0 saturated carbocycles. The molecule has 3 heteroatoms. The molecular weight excluding hydrogens is 198 g/mol. The van der Waals surface area contributed by atoms with Gasteiger partial charge in [-0.1, -0.05) is 6.92 Å². The Kier molecular flexibility index (Phi) is 4.62. The molecule has 0 aromatic heterocycles. The minimum absolute atomic E-state index is 0.734. The Morgan fingerprint density at radius 2 is 1.88 bits per heavy atom. The summed E-state index contributed by atoms with van der Waals surface area (Å²) >= 11 is 0. The number of nitrogens with one attached hydrogen (secondary N) is 1. The molecule has 0 aromatic carbocycles. The first-order valence-electron chi connectivity index (χ1n) is 6.99. The number of nitrogens with zero attached hydrogens (tertiary/aromatic N) is 2. The molecule has 0 radical (unpaired) electrons. The third-order valence-electron chi connectivity index (χ3n) is 4.10. The van der Waals surface area contributed by atoms with Crippen LogP contribution < -0.4 is 5.32 Å². The normalized spacial score (nSPS) is 34.1. The fourth-order valence-corrected chi connectivity index (χ4v) is 2.96. The summed E-state index contributed by atoms with van der Waals surface area (Å²) in [6.45, 7) is 12.2. The van der Waals surface area contributed by atoms with Gasteiger partial charge in [0, 0.05) is 44.8 Å². The highest BCUT2D eigenvalue weighted by Gasteiger charge is 2.26. The van der Waals surface area contributed by atoms with Crippen molar-refractivity contribution in [3.8, 4) is 0 Å². The Morgan fingerprint density at radius 1 is 1.12 bits per heavy atom. The van der Waals surface area contributed by atoms with Crippen LogP contribution in [0.2, 0.25) is 0 Å². The minimum atomic E-state index is 0.734. The maximum Gasteiger partial charge on any atom is 0.0222 e. The molecule has 0 aromatic rings. The highest BCUT2D eigenvalue weighted by Crippen LogP contribution is 2.15. The monoisotopic (exact) mass is 225 g/mol. The van der Waals surface area contributed by atoms with E-state index in [1.807, 2.05) is 0 Å². The number of piperazine rings is 1. The van der Waals surface area contributed by atoms with Crippen LogP contribution in [0.15, 0.2) is 0 Å². The SMILES string of the molecule is CCCN1CCN(C2CCC(C)NC2)CC1. The minimum Gasteiger partial charge on any atom is -0.313 e. The van der Waals surface area contributed by atoms with E-state index < -0.39 is 0 Å². The highest BCUT2D eigenvalue weighted by molar-refractivity contribution is 4.84. The second-order valence-electron chi connectivity index (χ2n) is 5.42. The van der Waals surface area contributed by atoms with Crippen molar-refractivity contribution in [2.45, 2.75) is 45.2 Å². The van der Waals surface area contributed by atoms with Crippen LogP contribution >= 0.6 is 0 Å². The summed E-state index contributed by atoms with van der Waals surface area (Å²) in [5.74, 6) is 0. The van der Waals surface area contributed by atoms with Gasteiger partial charge >= 0.3 is 0 Å². The smallest absolute Gasteiger partial charge is 0.0222 e. The molecule has 94 valence electrons. The lowest BCUT2D eigenvalue weighted by Crippen LogP contribution is -2.55. The molecule has 0 amide bonds. The van der Waals surface area contributed by atoms with Gasteiger partial charge in [-0.3, -0.25) is 4.90 Å². The first-order valence-corrected chi connectivity index (χ1v) is 6.99. The van der Waals surface area contributed by atoms with Crippen molar-refractivity contribution in [3.63, 3.8) is 0 Å². The first-order chi connectivity index (χ1) is 7.79. The van der Waals surface area contributed by atoms with Crippen molar-refractivity contribution >= 4 is 0 Å². The third-order valence-corrected chi connectivity index (χ3v) is 4.10. The summed E-state index contributed by atoms with van der Waals surface area (Å²) in [4.78, 5) is 5.31. The molecule has 16 heavy (non-hydrogen) atoms. The largest absolute Gasteiger partial charge is 0.313 e. The molecule has 1 N–H and O–H groups in total. The number of hydrogen-bond donors (Lipinski definition) is 1. The maximum absolute atomic E-state index is 3.61. The molecule has 2 rings (SSSR count). The quantitative estimate of drug-likeness (QED) is 0.777. The van der Waals surface area contributed by atoms with Gasteiger partial charge in [-0.05, 0) is 32.7 Å². The zero-order valence-corrected chi connectivity index (χ0v) is 10.9. The van der Waals surface area contributed by atoms with Crippen LogP contribution in [0, 0.1) is 0 Å². The van der Waals surface area contributed by atoms with Crippen LogP contribution in [0.5, 0.6) is 0 Å². The second-order valence-corrected chi connectivity index (χ2v) is 5.42. The van der Waals surface area contributed by atoms with Crippen LogP contribution in [-0.4, -0.2) is 61.2 Å². The lowest BCUT2D eigenvalue weighted by molar-refractivity contribution is 0.0798. The van der Waals surface area contributed by atoms with Crippen LogP contribution in [0.25, 0.3) is 0 Å². The first kappa shape index (κ1) is 12.3. The summed E-state index contributed by atoms with van der Waals surface area (Å²) in [6.07, 6.45) is 4.03. The summed E-state index contributed by atoms with van der Waals surface area (Å²) < 4.78 is 0. The van der Waals surface area contributed by atoms with Crippen LogP contribution in [0.1, 0.15) is 33.1 Å².